The van der Waals surface area contributed by atoms with Crippen molar-refractivity contribution in [2.24, 2.45) is 0 Å². The van der Waals surface area contributed by atoms with Crippen LogP contribution >= 0.6 is 15.9 Å². The molecule has 20 heavy (non-hydrogen) atoms. The molecule has 6 heteroatoms. The second kappa shape index (κ2) is 7.78. The van der Waals surface area contributed by atoms with Crippen LogP contribution in [-0.2, 0) is 22.6 Å². The van der Waals surface area contributed by atoms with Crippen molar-refractivity contribution in [1.82, 2.24) is 14.7 Å². The lowest BCUT2D eigenvalue weighted by Gasteiger charge is -2.25. The first-order valence-electron chi connectivity index (χ1n) is 7.02. The van der Waals surface area contributed by atoms with Gasteiger partial charge in [0.05, 0.1) is 29.0 Å². The zero-order valence-electron chi connectivity index (χ0n) is 12.9. The molecule has 0 aliphatic rings. The molecule has 0 unspecified atom stereocenters. The fraction of sp³-hybridized carbons (Fsp3) is 0.714. The van der Waals surface area contributed by atoms with Crippen molar-refractivity contribution >= 4 is 21.9 Å². The second-order valence-electron chi connectivity index (χ2n) is 4.97. The molecule has 0 bridgehead atoms. The summed E-state index contributed by atoms with van der Waals surface area (Å²) in [5.41, 5.74) is 2.07. The minimum absolute atomic E-state index is 0.184. The first kappa shape index (κ1) is 17.2. The average Bonchev–Trinajstić information content (AvgIpc) is 2.65. The maximum absolute atomic E-state index is 11.7. The van der Waals surface area contributed by atoms with Crippen LogP contribution in [0, 0.1) is 6.92 Å². The number of aromatic nitrogens is 2. The van der Waals surface area contributed by atoms with E-state index in [0.29, 0.717) is 19.7 Å². The van der Waals surface area contributed by atoms with Crippen LogP contribution in [0.4, 0.5) is 0 Å². The molecular formula is C14H24BrN3O2. The van der Waals surface area contributed by atoms with E-state index in [1.165, 1.54) is 0 Å². The summed E-state index contributed by atoms with van der Waals surface area (Å²) < 4.78 is 8.03. The Bertz CT molecular complexity index is 458. The van der Waals surface area contributed by atoms with E-state index in [4.69, 9.17) is 4.74 Å². The molecule has 1 heterocycles. The van der Waals surface area contributed by atoms with E-state index in [1.807, 2.05) is 18.5 Å². The molecule has 1 rings (SSSR count). The Hall–Kier alpha value is -0.880. The number of aryl methyl sites for hydroxylation is 2. The van der Waals surface area contributed by atoms with E-state index >= 15 is 0 Å². The summed E-state index contributed by atoms with van der Waals surface area (Å²) >= 11 is 3.59. The van der Waals surface area contributed by atoms with Crippen LogP contribution in [0.1, 0.15) is 39.1 Å². The molecule has 0 aliphatic carbocycles. The van der Waals surface area contributed by atoms with Crippen molar-refractivity contribution in [2.45, 2.75) is 53.8 Å². The summed E-state index contributed by atoms with van der Waals surface area (Å²) in [4.78, 5) is 13.8. The zero-order valence-corrected chi connectivity index (χ0v) is 14.5. The quantitative estimate of drug-likeness (QED) is 0.713. The maximum Gasteiger partial charge on any atom is 0.320 e. The number of rotatable bonds is 7. The molecule has 0 saturated heterocycles. The van der Waals surface area contributed by atoms with E-state index in [9.17, 15) is 4.79 Å². The van der Waals surface area contributed by atoms with E-state index in [2.05, 4.69) is 46.7 Å². The lowest BCUT2D eigenvalue weighted by atomic mass is 10.2. The highest BCUT2D eigenvalue weighted by molar-refractivity contribution is 9.10. The predicted molar refractivity (Wildman–Crippen MR) is 82.5 cm³/mol. The van der Waals surface area contributed by atoms with Crippen LogP contribution in [-0.4, -0.2) is 39.8 Å². The van der Waals surface area contributed by atoms with Gasteiger partial charge in [-0.2, -0.15) is 5.10 Å². The van der Waals surface area contributed by atoms with Gasteiger partial charge in [-0.1, -0.05) is 0 Å². The van der Waals surface area contributed by atoms with Gasteiger partial charge in [-0.3, -0.25) is 14.4 Å². The summed E-state index contributed by atoms with van der Waals surface area (Å²) in [5, 5.41) is 4.48. The molecule has 0 spiro atoms. The second-order valence-corrected chi connectivity index (χ2v) is 5.76. The van der Waals surface area contributed by atoms with Gasteiger partial charge < -0.3 is 4.74 Å². The van der Waals surface area contributed by atoms with Crippen molar-refractivity contribution < 1.29 is 9.53 Å². The summed E-state index contributed by atoms with van der Waals surface area (Å²) in [6.07, 6.45) is 0. The highest BCUT2D eigenvalue weighted by Gasteiger charge is 2.20. The molecule has 5 nitrogen and oxygen atoms in total. The molecule has 0 aliphatic heterocycles. The number of hydrogen-bond acceptors (Lipinski definition) is 4. The minimum Gasteiger partial charge on any atom is -0.465 e. The number of carbonyl (C=O) groups excluding carboxylic acids is 1. The van der Waals surface area contributed by atoms with Crippen LogP contribution in [0.3, 0.4) is 0 Å². The van der Waals surface area contributed by atoms with Gasteiger partial charge in [0.15, 0.2) is 0 Å². The summed E-state index contributed by atoms with van der Waals surface area (Å²) in [7, 11) is 0. The minimum atomic E-state index is -0.184. The highest BCUT2D eigenvalue weighted by Crippen LogP contribution is 2.23. The van der Waals surface area contributed by atoms with Crippen molar-refractivity contribution in [2.75, 3.05) is 13.2 Å². The molecule has 0 aromatic carbocycles. The van der Waals surface area contributed by atoms with Crippen molar-refractivity contribution in [3.8, 4) is 0 Å². The van der Waals surface area contributed by atoms with E-state index < -0.39 is 0 Å². The van der Waals surface area contributed by atoms with Gasteiger partial charge in [0.1, 0.15) is 0 Å². The lowest BCUT2D eigenvalue weighted by Crippen LogP contribution is -2.36. The number of nitrogens with zero attached hydrogens (tertiary/aromatic N) is 3. The molecule has 114 valence electrons. The zero-order chi connectivity index (χ0) is 15.3. The van der Waals surface area contributed by atoms with Crippen LogP contribution in [0.15, 0.2) is 4.47 Å². The first-order valence-corrected chi connectivity index (χ1v) is 7.81. The molecule has 1 aromatic rings. The number of carbonyl (C=O) groups is 1. The molecule has 0 N–H and O–H groups in total. The number of esters is 1. The molecule has 0 atom stereocenters. The number of hydrogen-bond donors (Lipinski definition) is 0. The Morgan fingerprint density at radius 2 is 2.10 bits per heavy atom. The Labute approximate surface area is 129 Å². The van der Waals surface area contributed by atoms with E-state index in [-0.39, 0.29) is 12.0 Å². The van der Waals surface area contributed by atoms with Crippen molar-refractivity contribution in [3.05, 3.63) is 15.9 Å². The highest BCUT2D eigenvalue weighted by atomic mass is 79.9. The summed E-state index contributed by atoms with van der Waals surface area (Å²) in [6.45, 7) is 12.2. The fourth-order valence-corrected chi connectivity index (χ4v) is 2.42. The average molecular weight is 346 g/mol. The smallest absolute Gasteiger partial charge is 0.320 e. The van der Waals surface area contributed by atoms with Crippen LogP contribution < -0.4 is 0 Å². The molecular weight excluding hydrogens is 322 g/mol. The molecule has 0 fully saturated rings. The molecule has 0 radical (unpaired) electrons. The molecule has 0 amide bonds. The maximum atomic E-state index is 11.7. The first-order chi connectivity index (χ1) is 9.40. The lowest BCUT2D eigenvalue weighted by molar-refractivity contribution is -0.145. The monoisotopic (exact) mass is 345 g/mol. The van der Waals surface area contributed by atoms with Gasteiger partial charge in [-0.15, -0.1) is 0 Å². The van der Waals surface area contributed by atoms with Gasteiger partial charge >= 0.3 is 5.97 Å². The van der Waals surface area contributed by atoms with Crippen LogP contribution in [0.2, 0.25) is 0 Å². The third kappa shape index (κ3) is 4.31. The van der Waals surface area contributed by atoms with Gasteiger partial charge in [0.25, 0.3) is 0 Å². The van der Waals surface area contributed by atoms with E-state index in [0.717, 1.165) is 22.4 Å². The third-order valence-corrected chi connectivity index (χ3v) is 4.21. The summed E-state index contributed by atoms with van der Waals surface area (Å²) in [5.74, 6) is -0.184. The van der Waals surface area contributed by atoms with Gasteiger partial charge in [-0.05, 0) is 50.5 Å². The Morgan fingerprint density at radius 1 is 1.45 bits per heavy atom. The SMILES string of the molecule is CCOC(=O)CN(Cc1c(Br)c(C)nn1CC)C(C)C. The van der Waals surface area contributed by atoms with Gasteiger partial charge in [-0.25, -0.2) is 0 Å². The Morgan fingerprint density at radius 3 is 2.60 bits per heavy atom. The largest absolute Gasteiger partial charge is 0.465 e. The standard InChI is InChI=1S/C14H24BrN3O2/c1-6-18-12(14(15)11(5)16-18)8-17(10(3)4)9-13(19)20-7-2/h10H,6-9H2,1-5H3. The van der Waals surface area contributed by atoms with Crippen LogP contribution in [0.25, 0.3) is 0 Å². The summed E-state index contributed by atoms with van der Waals surface area (Å²) in [6, 6.07) is 0.256. The third-order valence-electron chi connectivity index (χ3n) is 3.17. The molecule has 1 aromatic heterocycles. The van der Waals surface area contributed by atoms with E-state index in [1.54, 1.807) is 0 Å². The number of ether oxygens (including phenoxy) is 1. The fourth-order valence-electron chi connectivity index (χ4n) is 2.01. The van der Waals surface area contributed by atoms with Crippen molar-refractivity contribution in [1.29, 1.82) is 0 Å². The van der Waals surface area contributed by atoms with Gasteiger partial charge in [0, 0.05) is 19.1 Å². The molecule has 0 saturated carbocycles. The number of halogens is 1. The Balaban J connectivity index is 2.88. The normalized spacial score (nSPS) is 11.4. The van der Waals surface area contributed by atoms with Crippen molar-refractivity contribution in [3.63, 3.8) is 0 Å². The van der Waals surface area contributed by atoms with Crippen LogP contribution in [0.5, 0.6) is 0 Å². The predicted octanol–water partition coefficient (Wildman–Crippen LogP) is 2.75. The topological polar surface area (TPSA) is 47.4 Å². The Kier molecular flexibility index (Phi) is 6.68. The van der Waals surface area contributed by atoms with Gasteiger partial charge in [0.2, 0.25) is 0 Å².